The highest BCUT2D eigenvalue weighted by Gasteiger charge is 2.22. The first kappa shape index (κ1) is 39.7. The van der Waals surface area contributed by atoms with Gasteiger partial charge in [-0.05, 0) is 101 Å². The molecule has 2 atom stereocenters. The Labute approximate surface area is 337 Å². The van der Waals surface area contributed by atoms with Crippen LogP contribution in [-0.2, 0) is 45.5 Å². The van der Waals surface area contributed by atoms with Crippen LogP contribution in [0.15, 0.2) is 109 Å². The van der Waals surface area contributed by atoms with Gasteiger partial charge in [-0.25, -0.2) is 0 Å². The van der Waals surface area contributed by atoms with E-state index in [-0.39, 0.29) is 26.1 Å². The number of ether oxygens (including phenoxy) is 2. The molecule has 58 heavy (non-hydrogen) atoms. The second kappa shape index (κ2) is 16.6. The molecule has 0 bridgehead atoms. The number of rotatable bonds is 18. The third-order valence-electron chi connectivity index (χ3n) is 11.1. The molecule has 0 aromatic heterocycles. The zero-order chi connectivity index (χ0) is 40.4. The van der Waals surface area contributed by atoms with Crippen molar-refractivity contribution in [1.82, 2.24) is 0 Å². The fraction of sp³-hybridized carbons (Fsp3) is 0.292. The second-order valence-electron chi connectivity index (χ2n) is 16.3. The van der Waals surface area contributed by atoms with E-state index in [0.29, 0.717) is 36.7 Å². The van der Waals surface area contributed by atoms with Crippen LogP contribution in [0.4, 0.5) is 0 Å². The number of esters is 2. The Hall–Kier alpha value is -5.15. The van der Waals surface area contributed by atoms with Gasteiger partial charge in [-0.3, -0.25) is 14.2 Å². The predicted molar refractivity (Wildman–Crippen MR) is 229 cm³/mol. The van der Waals surface area contributed by atoms with Crippen molar-refractivity contribution in [2.24, 2.45) is 0 Å². The van der Waals surface area contributed by atoms with Crippen molar-refractivity contribution in [3.8, 4) is 0 Å². The molecule has 0 aliphatic heterocycles. The number of nitrogens with zero attached hydrogens (tertiary/aromatic N) is 1. The van der Waals surface area contributed by atoms with E-state index in [1.165, 1.54) is 59.2 Å². The molecular formula is C48H48NO8P. The van der Waals surface area contributed by atoms with Crippen LogP contribution in [0, 0.1) is 0 Å². The van der Waals surface area contributed by atoms with Crippen LogP contribution in [0.3, 0.4) is 0 Å². The maximum absolute atomic E-state index is 13.2. The van der Waals surface area contributed by atoms with Gasteiger partial charge in [0, 0.05) is 12.8 Å². The molecule has 8 aromatic carbocycles. The number of hydrogen-bond acceptors (Lipinski definition) is 8. The third kappa shape index (κ3) is 8.80. The molecule has 0 N–H and O–H groups in total. The van der Waals surface area contributed by atoms with Crippen molar-refractivity contribution in [2.75, 3.05) is 47.5 Å². The van der Waals surface area contributed by atoms with Crippen LogP contribution < -0.4 is 4.89 Å². The number of hydrogen-bond donors (Lipinski definition) is 0. The topological polar surface area (TPSA) is 111 Å². The highest BCUT2D eigenvalue weighted by Crippen LogP contribution is 2.39. The van der Waals surface area contributed by atoms with E-state index in [0.717, 1.165) is 16.5 Å². The highest BCUT2D eigenvalue weighted by atomic mass is 31.2. The Morgan fingerprint density at radius 3 is 1.53 bits per heavy atom. The predicted octanol–water partition coefficient (Wildman–Crippen LogP) is 9.49. The largest absolute Gasteiger partial charge is 0.756 e. The van der Waals surface area contributed by atoms with Gasteiger partial charge >= 0.3 is 11.9 Å². The number of carbonyl (C=O) groups excluding carboxylic acids is 2. The molecular weight excluding hydrogens is 750 g/mol. The van der Waals surface area contributed by atoms with Crippen molar-refractivity contribution >= 4 is 84.4 Å². The molecule has 9 nitrogen and oxygen atoms in total. The van der Waals surface area contributed by atoms with Crippen LogP contribution in [0.25, 0.3) is 64.6 Å². The summed E-state index contributed by atoms with van der Waals surface area (Å²) >= 11 is 0. The number of phosphoric acid groups is 1. The lowest BCUT2D eigenvalue weighted by Gasteiger charge is -2.28. The van der Waals surface area contributed by atoms with E-state index in [1.807, 2.05) is 21.1 Å². The van der Waals surface area contributed by atoms with E-state index in [1.54, 1.807) is 0 Å². The summed E-state index contributed by atoms with van der Waals surface area (Å²) in [6.45, 7) is -0.523. The summed E-state index contributed by atoms with van der Waals surface area (Å²) in [5.41, 5.74) is 2.28. The van der Waals surface area contributed by atoms with Crippen LogP contribution in [-0.4, -0.2) is 70.0 Å². The molecule has 0 heterocycles. The van der Waals surface area contributed by atoms with Crippen LogP contribution in [0.5, 0.6) is 0 Å². The molecule has 0 fully saturated rings. The summed E-state index contributed by atoms with van der Waals surface area (Å²) in [4.78, 5) is 38.8. The van der Waals surface area contributed by atoms with Gasteiger partial charge in [0.15, 0.2) is 6.10 Å². The molecule has 1 unspecified atom stereocenters. The fourth-order valence-corrected chi connectivity index (χ4v) is 8.86. The molecule has 0 radical (unpaired) electrons. The standard InChI is InChI=1S/C48H48NO8P/c1-49(2,3)28-29-55-58(52,53)56-31-40(57-44(51)15-7-9-33-17-19-39-23-21-35-11-5-13-37-25-27-42(33)48(39)46(35)37)30-54-43(50)14-6-8-32-16-18-38-22-20-34-10-4-12-36-24-26-41(32)47(38)45(34)36/h4-5,10-13,16-27,40H,6-9,14-15,28-31H2,1-3H3/t40-/m1/s1. The quantitative estimate of drug-likeness (QED) is 0.0366. The zero-order valence-electron chi connectivity index (χ0n) is 33.2. The first-order valence-electron chi connectivity index (χ1n) is 20.0. The molecule has 0 spiro atoms. The van der Waals surface area contributed by atoms with E-state index >= 15 is 0 Å². The number of quaternary nitrogens is 1. The van der Waals surface area contributed by atoms with Crippen LogP contribution in [0.2, 0.25) is 0 Å². The van der Waals surface area contributed by atoms with Crippen LogP contribution >= 0.6 is 7.82 Å². The van der Waals surface area contributed by atoms with Gasteiger partial charge in [0.2, 0.25) is 0 Å². The molecule has 0 saturated heterocycles. The molecule has 0 saturated carbocycles. The summed E-state index contributed by atoms with van der Waals surface area (Å²) in [6.07, 6.45) is 1.43. The van der Waals surface area contributed by atoms with Crippen LogP contribution in [0.1, 0.15) is 36.8 Å². The van der Waals surface area contributed by atoms with Gasteiger partial charge in [0.25, 0.3) is 7.82 Å². The first-order valence-corrected chi connectivity index (χ1v) is 21.4. The van der Waals surface area contributed by atoms with Crippen molar-refractivity contribution in [1.29, 1.82) is 0 Å². The Balaban J connectivity index is 0.885. The summed E-state index contributed by atoms with van der Waals surface area (Å²) in [5, 5.41) is 14.4. The number of benzene rings is 8. The minimum absolute atomic E-state index is 0.0706. The van der Waals surface area contributed by atoms with Gasteiger partial charge in [0.1, 0.15) is 19.8 Å². The SMILES string of the molecule is C[N+](C)(C)CCOP(=O)([O-])OC[C@@H](COC(=O)CCCc1ccc2ccc3cccc4ccc1c2c34)OC(=O)CCCc1ccc2ccc3cccc4ccc1c2c34. The van der Waals surface area contributed by atoms with Gasteiger partial charge in [-0.1, -0.05) is 109 Å². The van der Waals surface area contributed by atoms with E-state index < -0.39 is 32.5 Å². The van der Waals surface area contributed by atoms with Gasteiger partial charge in [0.05, 0.1) is 27.7 Å². The van der Waals surface area contributed by atoms with Gasteiger partial charge in [-0.2, -0.15) is 0 Å². The summed E-state index contributed by atoms with van der Waals surface area (Å²) in [6, 6.07) is 38.3. The minimum atomic E-state index is -4.72. The maximum atomic E-state index is 13.2. The van der Waals surface area contributed by atoms with Crippen molar-refractivity contribution in [3.63, 3.8) is 0 Å². The average molecular weight is 798 g/mol. The average Bonchev–Trinajstić information content (AvgIpc) is 3.20. The lowest BCUT2D eigenvalue weighted by molar-refractivity contribution is -0.870. The van der Waals surface area contributed by atoms with Crippen molar-refractivity contribution < 1.29 is 42.1 Å². The van der Waals surface area contributed by atoms with Gasteiger partial charge < -0.3 is 27.9 Å². The second-order valence-corrected chi connectivity index (χ2v) is 17.7. The monoisotopic (exact) mass is 797 g/mol. The summed E-state index contributed by atoms with van der Waals surface area (Å²) in [5.74, 6) is -1.01. The molecule has 0 amide bonds. The smallest absolute Gasteiger partial charge is 0.306 e. The van der Waals surface area contributed by atoms with E-state index in [4.69, 9.17) is 18.5 Å². The van der Waals surface area contributed by atoms with Crippen molar-refractivity contribution in [3.05, 3.63) is 120 Å². The molecule has 298 valence electrons. The molecule has 10 heteroatoms. The Morgan fingerprint density at radius 1 is 0.586 bits per heavy atom. The Kier molecular flexibility index (Phi) is 11.4. The molecule has 8 aromatic rings. The first-order chi connectivity index (χ1) is 27.9. The molecule has 8 rings (SSSR count). The molecule has 0 aliphatic carbocycles. The number of phosphoric ester groups is 1. The third-order valence-corrected chi connectivity index (χ3v) is 12.0. The maximum Gasteiger partial charge on any atom is 0.306 e. The summed E-state index contributed by atoms with van der Waals surface area (Å²) in [7, 11) is 1.03. The lowest BCUT2D eigenvalue weighted by atomic mass is 9.90. The van der Waals surface area contributed by atoms with E-state index in [9.17, 15) is 19.0 Å². The molecule has 0 aliphatic rings. The van der Waals surface area contributed by atoms with Crippen molar-refractivity contribution in [2.45, 2.75) is 44.6 Å². The minimum Gasteiger partial charge on any atom is -0.756 e. The normalized spacial score (nSPS) is 13.9. The fourth-order valence-electron chi connectivity index (χ4n) is 8.13. The number of aryl methyl sites for hydroxylation is 2. The zero-order valence-corrected chi connectivity index (χ0v) is 34.1. The summed E-state index contributed by atoms with van der Waals surface area (Å²) < 4.78 is 34.6. The lowest BCUT2D eigenvalue weighted by Crippen LogP contribution is -2.37. The van der Waals surface area contributed by atoms with E-state index in [2.05, 4.69) is 109 Å². The van der Waals surface area contributed by atoms with Gasteiger partial charge in [-0.15, -0.1) is 0 Å². The Morgan fingerprint density at radius 2 is 1.03 bits per heavy atom. The highest BCUT2D eigenvalue weighted by molar-refractivity contribution is 7.45. The number of carbonyl (C=O) groups is 2. The number of likely N-dealkylation sites (N-methyl/N-ethyl adjacent to an activating group) is 1. The Bertz CT molecular complexity index is 2760.